The van der Waals surface area contributed by atoms with Gasteiger partial charge in [-0.3, -0.25) is 10.1 Å². The number of aryl methyl sites for hydroxylation is 1. The van der Waals surface area contributed by atoms with Gasteiger partial charge in [-0.05, 0) is 25.1 Å². The molecule has 0 spiro atoms. The first-order valence-electron chi connectivity index (χ1n) is 4.78. The molecule has 2 N–H and O–H groups in total. The van der Waals surface area contributed by atoms with E-state index >= 15 is 0 Å². The summed E-state index contributed by atoms with van der Waals surface area (Å²) in [5.41, 5.74) is 0.294. The Labute approximate surface area is 107 Å². The van der Waals surface area contributed by atoms with E-state index in [1.807, 2.05) is 6.92 Å². The summed E-state index contributed by atoms with van der Waals surface area (Å²) in [6.07, 6.45) is 1.68. The minimum absolute atomic E-state index is 0.0435. The number of phenols is 1. The van der Waals surface area contributed by atoms with E-state index in [1.165, 1.54) is 29.5 Å². The highest BCUT2D eigenvalue weighted by atomic mass is 35.5. The van der Waals surface area contributed by atoms with Gasteiger partial charge in [-0.2, -0.15) is 0 Å². The van der Waals surface area contributed by atoms with Crippen LogP contribution in [0.5, 0.6) is 5.75 Å². The molecular formula is C11H9ClN2O2S. The smallest absolute Gasteiger partial charge is 0.257 e. The van der Waals surface area contributed by atoms with Gasteiger partial charge in [0.15, 0.2) is 5.13 Å². The molecule has 1 aromatic carbocycles. The summed E-state index contributed by atoms with van der Waals surface area (Å²) in [6, 6.07) is 4.20. The second-order valence-corrected chi connectivity index (χ2v) is 5.10. The number of hydrogen-bond donors (Lipinski definition) is 2. The van der Waals surface area contributed by atoms with Crippen molar-refractivity contribution < 1.29 is 9.90 Å². The number of rotatable bonds is 2. The SMILES string of the molecule is Cc1cnc(NC(=O)c2cc(O)cc(Cl)c2)s1. The summed E-state index contributed by atoms with van der Waals surface area (Å²) >= 11 is 7.13. The molecule has 17 heavy (non-hydrogen) atoms. The van der Waals surface area contributed by atoms with Crippen LogP contribution < -0.4 is 5.32 Å². The van der Waals surface area contributed by atoms with Gasteiger partial charge in [-0.25, -0.2) is 4.98 Å². The van der Waals surface area contributed by atoms with Crippen molar-refractivity contribution in [1.29, 1.82) is 0 Å². The Kier molecular flexibility index (Phi) is 3.31. The van der Waals surface area contributed by atoms with Gasteiger partial charge in [0.05, 0.1) is 0 Å². The molecule has 0 saturated heterocycles. The maximum atomic E-state index is 11.8. The third-order valence-electron chi connectivity index (χ3n) is 1.99. The first-order chi connectivity index (χ1) is 8.04. The number of amides is 1. The maximum Gasteiger partial charge on any atom is 0.257 e. The molecule has 0 unspecified atom stereocenters. The summed E-state index contributed by atoms with van der Waals surface area (Å²) in [7, 11) is 0. The van der Waals surface area contributed by atoms with Crippen LogP contribution in [-0.2, 0) is 0 Å². The van der Waals surface area contributed by atoms with Crippen molar-refractivity contribution in [2.75, 3.05) is 5.32 Å². The van der Waals surface area contributed by atoms with Crippen molar-refractivity contribution in [3.05, 3.63) is 39.9 Å². The molecule has 0 radical (unpaired) electrons. The minimum Gasteiger partial charge on any atom is -0.508 e. The lowest BCUT2D eigenvalue weighted by Gasteiger charge is -2.03. The van der Waals surface area contributed by atoms with E-state index in [9.17, 15) is 9.90 Å². The van der Waals surface area contributed by atoms with Crippen LogP contribution in [0.4, 0.5) is 5.13 Å². The number of aromatic nitrogens is 1. The molecular weight excluding hydrogens is 260 g/mol. The third-order valence-corrected chi connectivity index (χ3v) is 3.03. The molecule has 0 bridgehead atoms. The van der Waals surface area contributed by atoms with Gasteiger partial charge in [-0.1, -0.05) is 11.6 Å². The number of phenolic OH excluding ortho intramolecular Hbond substituents is 1. The predicted molar refractivity (Wildman–Crippen MR) is 67.9 cm³/mol. The molecule has 4 nitrogen and oxygen atoms in total. The Balaban J connectivity index is 2.19. The van der Waals surface area contributed by atoms with E-state index in [0.29, 0.717) is 15.7 Å². The Morgan fingerprint density at radius 3 is 2.82 bits per heavy atom. The lowest BCUT2D eigenvalue weighted by atomic mass is 10.2. The van der Waals surface area contributed by atoms with E-state index < -0.39 is 0 Å². The summed E-state index contributed by atoms with van der Waals surface area (Å²) in [5.74, 6) is -0.393. The third kappa shape index (κ3) is 2.95. The van der Waals surface area contributed by atoms with Gasteiger partial charge in [0.1, 0.15) is 5.75 Å². The first-order valence-corrected chi connectivity index (χ1v) is 5.97. The molecule has 2 aromatic rings. The zero-order valence-corrected chi connectivity index (χ0v) is 10.5. The normalized spacial score (nSPS) is 10.2. The summed E-state index contributed by atoms with van der Waals surface area (Å²) in [4.78, 5) is 16.8. The summed E-state index contributed by atoms with van der Waals surface area (Å²) in [5, 5.41) is 12.8. The highest BCUT2D eigenvalue weighted by Crippen LogP contribution is 2.22. The molecule has 0 saturated carbocycles. The quantitative estimate of drug-likeness (QED) is 0.880. The van der Waals surface area contributed by atoms with Crippen LogP contribution in [0.2, 0.25) is 5.02 Å². The molecule has 0 aliphatic rings. The minimum atomic E-state index is -0.350. The van der Waals surface area contributed by atoms with E-state index in [0.717, 1.165) is 4.88 Å². The molecule has 1 aromatic heterocycles. The first kappa shape index (κ1) is 11.9. The molecule has 88 valence electrons. The molecule has 0 aliphatic heterocycles. The van der Waals surface area contributed by atoms with Crippen molar-refractivity contribution in [2.24, 2.45) is 0 Å². The van der Waals surface area contributed by atoms with Crippen LogP contribution in [0.1, 0.15) is 15.2 Å². The fourth-order valence-electron chi connectivity index (χ4n) is 1.29. The number of carbonyl (C=O) groups excluding carboxylic acids is 1. The van der Waals surface area contributed by atoms with Gasteiger partial charge >= 0.3 is 0 Å². The van der Waals surface area contributed by atoms with Crippen molar-refractivity contribution in [3.63, 3.8) is 0 Å². The highest BCUT2D eigenvalue weighted by molar-refractivity contribution is 7.15. The number of benzene rings is 1. The van der Waals surface area contributed by atoms with Crippen LogP contribution in [0.15, 0.2) is 24.4 Å². The molecule has 2 rings (SSSR count). The zero-order valence-electron chi connectivity index (χ0n) is 8.90. The maximum absolute atomic E-state index is 11.8. The predicted octanol–water partition coefficient (Wildman–Crippen LogP) is 3.06. The molecule has 1 heterocycles. The summed E-state index contributed by atoms with van der Waals surface area (Å²) < 4.78 is 0. The van der Waals surface area contributed by atoms with Crippen LogP contribution in [-0.4, -0.2) is 16.0 Å². The Hall–Kier alpha value is -1.59. The van der Waals surface area contributed by atoms with Gasteiger partial charge < -0.3 is 5.11 Å². The molecule has 0 aliphatic carbocycles. The number of thiazole rings is 1. The van der Waals surface area contributed by atoms with Gasteiger partial charge in [0.25, 0.3) is 5.91 Å². The topological polar surface area (TPSA) is 62.2 Å². The average molecular weight is 269 g/mol. The van der Waals surface area contributed by atoms with Crippen LogP contribution in [0, 0.1) is 6.92 Å². The van der Waals surface area contributed by atoms with Gasteiger partial charge in [0.2, 0.25) is 0 Å². The van der Waals surface area contributed by atoms with E-state index in [2.05, 4.69) is 10.3 Å². The molecule has 0 atom stereocenters. The lowest BCUT2D eigenvalue weighted by Crippen LogP contribution is -2.11. The lowest BCUT2D eigenvalue weighted by molar-refractivity contribution is 0.102. The highest BCUT2D eigenvalue weighted by Gasteiger charge is 2.10. The van der Waals surface area contributed by atoms with Crippen LogP contribution in [0.3, 0.4) is 0 Å². The molecule has 1 amide bonds. The number of aromatic hydroxyl groups is 1. The number of hydrogen-bond acceptors (Lipinski definition) is 4. The number of carbonyl (C=O) groups is 1. The van der Waals surface area contributed by atoms with E-state index in [1.54, 1.807) is 6.20 Å². The largest absolute Gasteiger partial charge is 0.508 e. The fourth-order valence-corrected chi connectivity index (χ4v) is 2.18. The van der Waals surface area contributed by atoms with Gasteiger partial charge in [-0.15, -0.1) is 11.3 Å². The Morgan fingerprint density at radius 1 is 1.47 bits per heavy atom. The van der Waals surface area contributed by atoms with Crippen molar-refractivity contribution in [2.45, 2.75) is 6.92 Å². The van der Waals surface area contributed by atoms with Crippen molar-refractivity contribution >= 4 is 34.0 Å². The number of halogens is 1. The van der Waals surface area contributed by atoms with Crippen LogP contribution in [0.25, 0.3) is 0 Å². The molecule has 0 fully saturated rings. The second-order valence-electron chi connectivity index (χ2n) is 3.43. The Bertz CT molecular complexity index is 548. The second kappa shape index (κ2) is 4.73. The Morgan fingerprint density at radius 2 is 2.24 bits per heavy atom. The average Bonchev–Trinajstić information content (AvgIpc) is 2.62. The summed E-state index contributed by atoms with van der Waals surface area (Å²) in [6.45, 7) is 1.90. The number of nitrogens with one attached hydrogen (secondary N) is 1. The number of nitrogens with zero attached hydrogens (tertiary/aromatic N) is 1. The van der Waals surface area contributed by atoms with Crippen LogP contribution >= 0.6 is 22.9 Å². The number of anilines is 1. The van der Waals surface area contributed by atoms with Gasteiger partial charge in [0, 0.05) is 21.7 Å². The molecule has 6 heteroatoms. The zero-order chi connectivity index (χ0) is 12.4. The fraction of sp³-hybridized carbons (Fsp3) is 0.0909. The van der Waals surface area contributed by atoms with Crippen molar-refractivity contribution in [1.82, 2.24) is 4.98 Å². The standard InChI is InChI=1S/C11H9ClN2O2S/c1-6-5-13-11(17-6)14-10(16)7-2-8(12)4-9(15)3-7/h2-5,15H,1H3,(H,13,14,16). The van der Waals surface area contributed by atoms with E-state index in [-0.39, 0.29) is 11.7 Å². The van der Waals surface area contributed by atoms with E-state index in [4.69, 9.17) is 11.6 Å². The van der Waals surface area contributed by atoms with Crippen molar-refractivity contribution in [3.8, 4) is 5.75 Å². The monoisotopic (exact) mass is 268 g/mol.